The van der Waals surface area contributed by atoms with Crippen LogP contribution < -0.4 is 0 Å². The van der Waals surface area contributed by atoms with E-state index >= 15 is 0 Å². The molecule has 5 heteroatoms. The highest BCUT2D eigenvalue weighted by Gasteiger charge is 2.78. The van der Waals surface area contributed by atoms with E-state index in [1.54, 1.807) is 30.7 Å². The number of carboxylic acid groups (broad SMARTS) is 1. The van der Waals surface area contributed by atoms with Gasteiger partial charge in [0.1, 0.15) is 0 Å². The van der Waals surface area contributed by atoms with Crippen molar-refractivity contribution in [3.8, 4) is 0 Å². The maximum absolute atomic E-state index is 13.7. The van der Waals surface area contributed by atoms with E-state index in [4.69, 9.17) is 0 Å². The first kappa shape index (κ1) is 12.1. The molecule has 0 saturated heterocycles. The van der Waals surface area contributed by atoms with Crippen LogP contribution in [0.25, 0.3) is 10.9 Å². The number of aryl methyl sites for hydroxylation is 1. The lowest BCUT2D eigenvalue weighted by molar-refractivity contribution is -0.142. The van der Waals surface area contributed by atoms with Crippen LogP contribution in [0, 0.1) is 6.92 Å². The number of fused-ring (bicyclic) bond motifs is 1. The van der Waals surface area contributed by atoms with Gasteiger partial charge in [0.15, 0.2) is 5.41 Å². The summed E-state index contributed by atoms with van der Waals surface area (Å²) in [6.45, 7) is 1.69. The highest BCUT2D eigenvalue weighted by Crippen LogP contribution is 2.63. The number of hydrogen-bond acceptors (Lipinski definition) is 1. The van der Waals surface area contributed by atoms with Gasteiger partial charge < -0.3 is 9.67 Å². The number of benzene rings is 1. The minimum Gasteiger partial charge on any atom is -0.480 e. The summed E-state index contributed by atoms with van der Waals surface area (Å²) in [4.78, 5) is 11.4. The number of halogens is 2. The van der Waals surface area contributed by atoms with Crippen LogP contribution in [0.3, 0.4) is 0 Å². The van der Waals surface area contributed by atoms with Gasteiger partial charge in [-0.2, -0.15) is 0 Å². The summed E-state index contributed by atoms with van der Waals surface area (Å²) in [5.74, 6) is -4.62. The lowest BCUT2D eigenvalue weighted by Crippen LogP contribution is -2.27. The van der Waals surface area contributed by atoms with E-state index < -0.39 is 23.7 Å². The monoisotopic (exact) mass is 265 g/mol. The molecule has 1 N–H and O–H groups in total. The van der Waals surface area contributed by atoms with Crippen LogP contribution >= 0.6 is 0 Å². The fourth-order valence-electron chi connectivity index (χ4n) is 2.96. The number of para-hydroxylation sites is 1. The van der Waals surface area contributed by atoms with E-state index in [2.05, 4.69) is 0 Å². The largest absolute Gasteiger partial charge is 0.480 e. The van der Waals surface area contributed by atoms with E-state index in [-0.39, 0.29) is 5.56 Å². The van der Waals surface area contributed by atoms with Crippen LogP contribution in [-0.4, -0.2) is 21.6 Å². The van der Waals surface area contributed by atoms with Gasteiger partial charge in [-0.1, -0.05) is 18.2 Å². The van der Waals surface area contributed by atoms with Crippen molar-refractivity contribution in [2.75, 3.05) is 0 Å². The van der Waals surface area contributed by atoms with Gasteiger partial charge in [0.2, 0.25) is 0 Å². The van der Waals surface area contributed by atoms with Crippen LogP contribution in [0.1, 0.15) is 17.7 Å². The molecule has 1 atom stereocenters. The van der Waals surface area contributed by atoms with Crippen LogP contribution in [-0.2, 0) is 17.3 Å². The number of carbonyl (C=O) groups is 1. The summed E-state index contributed by atoms with van der Waals surface area (Å²) in [7, 11) is 1.76. The van der Waals surface area contributed by atoms with Crippen molar-refractivity contribution >= 4 is 16.9 Å². The Morgan fingerprint density at radius 1 is 1.37 bits per heavy atom. The van der Waals surface area contributed by atoms with Gasteiger partial charge in [-0.25, -0.2) is 8.78 Å². The third-order valence-electron chi connectivity index (χ3n) is 4.18. The lowest BCUT2D eigenvalue weighted by Gasteiger charge is -2.12. The molecule has 0 amide bonds. The average molecular weight is 265 g/mol. The normalized spacial score (nSPS) is 24.6. The Kier molecular flexibility index (Phi) is 2.14. The second-order valence-corrected chi connectivity index (χ2v) is 5.13. The topological polar surface area (TPSA) is 42.2 Å². The van der Waals surface area contributed by atoms with Gasteiger partial charge in [-0.05, 0) is 13.0 Å². The van der Waals surface area contributed by atoms with Crippen molar-refractivity contribution in [1.82, 2.24) is 4.57 Å². The summed E-state index contributed by atoms with van der Waals surface area (Å²) in [6.07, 6.45) is -0.621. The molecule has 0 radical (unpaired) electrons. The first-order chi connectivity index (χ1) is 8.83. The molecule has 3 nitrogen and oxygen atoms in total. The zero-order valence-electron chi connectivity index (χ0n) is 10.6. The fraction of sp³-hybridized carbons (Fsp3) is 0.357. The average Bonchev–Trinajstić information content (AvgIpc) is 2.84. The molecule has 1 aromatic carbocycles. The third-order valence-corrected chi connectivity index (χ3v) is 4.18. The summed E-state index contributed by atoms with van der Waals surface area (Å²) >= 11 is 0. The van der Waals surface area contributed by atoms with Crippen molar-refractivity contribution < 1.29 is 18.7 Å². The Morgan fingerprint density at radius 2 is 1.95 bits per heavy atom. The molecule has 1 aliphatic rings. The number of alkyl halides is 2. The Hall–Kier alpha value is -1.91. The first-order valence-corrected chi connectivity index (χ1v) is 5.98. The van der Waals surface area contributed by atoms with Crippen LogP contribution in [0.5, 0.6) is 0 Å². The number of rotatable bonds is 2. The molecule has 1 aliphatic carbocycles. The number of hydrogen-bond donors (Lipinski definition) is 1. The highest BCUT2D eigenvalue weighted by atomic mass is 19.3. The second kappa shape index (κ2) is 3.35. The molecule has 1 heterocycles. The maximum Gasteiger partial charge on any atom is 0.320 e. The van der Waals surface area contributed by atoms with Gasteiger partial charge in [0.25, 0.3) is 5.92 Å². The zero-order valence-corrected chi connectivity index (χ0v) is 10.6. The number of aromatic nitrogens is 1. The molecule has 1 aromatic heterocycles. The molecular weight excluding hydrogens is 252 g/mol. The third kappa shape index (κ3) is 1.27. The minimum absolute atomic E-state index is 0.253. The van der Waals surface area contributed by atoms with Crippen LogP contribution in [0.2, 0.25) is 0 Å². The molecule has 100 valence electrons. The molecule has 3 rings (SSSR count). The molecule has 1 fully saturated rings. The number of nitrogens with zero attached hydrogens (tertiary/aromatic N) is 1. The van der Waals surface area contributed by atoms with E-state index in [9.17, 15) is 18.7 Å². The summed E-state index contributed by atoms with van der Waals surface area (Å²) in [5, 5.41) is 9.90. The minimum atomic E-state index is -3.17. The number of carboxylic acids is 1. The van der Waals surface area contributed by atoms with Gasteiger partial charge in [-0.15, -0.1) is 0 Å². The van der Waals surface area contributed by atoms with Gasteiger partial charge in [-0.3, -0.25) is 4.79 Å². The molecule has 0 aliphatic heterocycles. The van der Waals surface area contributed by atoms with E-state index in [0.29, 0.717) is 11.1 Å². The van der Waals surface area contributed by atoms with Crippen molar-refractivity contribution in [3.05, 3.63) is 35.5 Å². The van der Waals surface area contributed by atoms with Gasteiger partial charge in [0.05, 0.1) is 0 Å². The smallest absolute Gasteiger partial charge is 0.320 e. The summed E-state index contributed by atoms with van der Waals surface area (Å²) in [5.41, 5.74) is -0.444. The summed E-state index contributed by atoms with van der Waals surface area (Å²) in [6, 6.07) is 7.06. The van der Waals surface area contributed by atoms with E-state index in [0.717, 1.165) is 5.52 Å². The second-order valence-electron chi connectivity index (χ2n) is 5.13. The Bertz CT molecular complexity index is 705. The predicted octanol–water partition coefficient (Wildman–Crippen LogP) is 2.85. The molecule has 19 heavy (non-hydrogen) atoms. The van der Waals surface area contributed by atoms with E-state index in [1.807, 2.05) is 12.1 Å². The van der Waals surface area contributed by atoms with Crippen LogP contribution in [0.4, 0.5) is 8.78 Å². The zero-order chi connectivity index (χ0) is 14.0. The van der Waals surface area contributed by atoms with E-state index in [1.165, 1.54) is 0 Å². The molecular formula is C14H13F2NO2. The van der Waals surface area contributed by atoms with Gasteiger partial charge in [0, 0.05) is 35.6 Å². The summed E-state index contributed by atoms with van der Waals surface area (Å²) < 4.78 is 29.2. The molecule has 0 bridgehead atoms. The first-order valence-electron chi connectivity index (χ1n) is 5.98. The number of aliphatic carboxylic acids is 1. The molecule has 1 unspecified atom stereocenters. The lowest BCUT2D eigenvalue weighted by atomic mass is 9.92. The predicted molar refractivity (Wildman–Crippen MR) is 66.5 cm³/mol. The van der Waals surface area contributed by atoms with Crippen molar-refractivity contribution in [3.63, 3.8) is 0 Å². The van der Waals surface area contributed by atoms with Gasteiger partial charge >= 0.3 is 5.97 Å². The highest BCUT2D eigenvalue weighted by molar-refractivity contribution is 5.97. The maximum atomic E-state index is 13.7. The van der Waals surface area contributed by atoms with Crippen molar-refractivity contribution in [2.45, 2.75) is 24.7 Å². The molecule has 1 saturated carbocycles. The van der Waals surface area contributed by atoms with Crippen molar-refractivity contribution in [2.24, 2.45) is 7.05 Å². The standard InChI is InChI=1S/C14H13F2NO2/c1-8-11(13(12(18)19)7-14(13,15)16)9-5-3-4-6-10(9)17(8)2/h3-6H,7H2,1-2H3,(H,18,19). The van der Waals surface area contributed by atoms with Crippen molar-refractivity contribution in [1.29, 1.82) is 0 Å². The Morgan fingerprint density at radius 3 is 2.47 bits per heavy atom. The SMILES string of the molecule is Cc1c(C2(C(=O)O)CC2(F)F)c2ccccc2n1C. The quantitative estimate of drug-likeness (QED) is 0.907. The molecule has 0 spiro atoms. The van der Waals surface area contributed by atoms with Crippen LogP contribution in [0.15, 0.2) is 24.3 Å². The Labute approximate surface area is 108 Å². The Balaban J connectivity index is 2.39. The fourth-order valence-corrected chi connectivity index (χ4v) is 2.96. The molecule has 2 aromatic rings.